The van der Waals surface area contributed by atoms with E-state index in [2.05, 4.69) is 15.5 Å². The van der Waals surface area contributed by atoms with Crippen molar-refractivity contribution in [2.45, 2.75) is 32.1 Å². The average molecular weight is 260 g/mol. The van der Waals surface area contributed by atoms with Gasteiger partial charge in [0.05, 0.1) is 17.0 Å². The first-order chi connectivity index (χ1) is 7.74. The van der Waals surface area contributed by atoms with Crippen molar-refractivity contribution in [2.24, 2.45) is 7.05 Å². The second-order valence-electron chi connectivity index (χ2n) is 4.97. The topological polar surface area (TPSA) is 76.9 Å². The quantitative estimate of drug-likeness (QED) is 0.761. The van der Waals surface area contributed by atoms with Crippen molar-refractivity contribution in [2.75, 3.05) is 12.3 Å². The third kappa shape index (κ3) is 3.78. The number of nitrogens with zero attached hydrogens (tertiary/aromatic N) is 3. The van der Waals surface area contributed by atoms with Crippen LogP contribution in [0.1, 0.15) is 26.6 Å². The van der Waals surface area contributed by atoms with E-state index in [9.17, 15) is 8.42 Å². The van der Waals surface area contributed by atoms with Gasteiger partial charge in [0.2, 0.25) is 0 Å². The molecule has 1 rings (SSSR count). The highest BCUT2D eigenvalue weighted by atomic mass is 32.2. The molecule has 0 saturated carbocycles. The van der Waals surface area contributed by atoms with Gasteiger partial charge in [-0.25, -0.2) is 8.42 Å². The standard InChI is InChI=1S/C10H20N4O2S/c1-10(2,3)17(15,16)6-5-11-7-9-13-12-8-14(9)4/h8,11H,5-7H2,1-4H3. The van der Waals surface area contributed by atoms with Crippen LogP contribution in [-0.2, 0) is 23.4 Å². The fraction of sp³-hybridized carbons (Fsp3) is 0.800. The Morgan fingerprint density at radius 1 is 1.41 bits per heavy atom. The van der Waals surface area contributed by atoms with Gasteiger partial charge in [-0.15, -0.1) is 10.2 Å². The molecule has 17 heavy (non-hydrogen) atoms. The molecule has 0 aliphatic heterocycles. The summed E-state index contributed by atoms with van der Waals surface area (Å²) in [6.07, 6.45) is 1.61. The highest BCUT2D eigenvalue weighted by molar-refractivity contribution is 7.92. The largest absolute Gasteiger partial charge is 0.320 e. The van der Waals surface area contributed by atoms with Crippen molar-refractivity contribution < 1.29 is 8.42 Å². The van der Waals surface area contributed by atoms with E-state index in [1.165, 1.54) is 0 Å². The number of sulfone groups is 1. The molecule has 98 valence electrons. The van der Waals surface area contributed by atoms with Gasteiger partial charge < -0.3 is 9.88 Å². The Balaban J connectivity index is 2.37. The highest BCUT2D eigenvalue weighted by Crippen LogP contribution is 2.15. The summed E-state index contributed by atoms with van der Waals surface area (Å²) in [6.45, 7) is 6.09. The van der Waals surface area contributed by atoms with Crippen LogP contribution in [0.4, 0.5) is 0 Å². The summed E-state index contributed by atoms with van der Waals surface area (Å²) in [4.78, 5) is 0. The summed E-state index contributed by atoms with van der Waals surface area (Å²) in [6, 6.07) is 0. The Labute approximate surface area is 102 Å². The van der Waals surface area contributed by atoms with Gasteiger partial charge >= 0.3 is 0 Å². The third-order valence-electron chi connectivity index (χ3n) is 2.57. The summed E-state index contributed by atoms with van der Waals surface area (Å²) in [7, 11) is -1.20. The molecule has 1 heterocycles. The van der Waals surface area contributed by atoms with Gasteiger partial charge in [-0.05, 0) is 20.8 Å². The minimum atomic E-state index is -3.05. The summed E-state index contributed by atoms with van der Waals surface area (Å²) in [5.74, 6) is 0.923. The molecule has 6 nitrogen and oxygen atoms in total. The van der Waals surface area contributed by atoms with Crippen LogP contribution < -0.4 is 5.32 Å². The van der Waals surface area contributed by atoms with Gasteiger partial charge in [0.15, 0.2) is 9.84 Å². The fourth-order valence-electron chi connectivity index (χ4n) is 1.18. The van der Waals surface area contributed by atoms with Crippen LogP contribution in [0.3, 0.4) is 0 Å². The van der Waals surface area contributed by atoms with E-state index >= 15 is 0 Å². The maximum absolute atomic E-state index is 11.8. The molecule has 1 aromatic rings. The molecule has 0 aliphatic carbocycles. The molecule has 0 fully saturated rings. The second-order valence-corrected chi connectivity index (χ2v) is 7.83. The monoisotopic (exact) mass is 260 g/mol. The second kappa shape index (κ2) is 5.14. The van der Waals surface area contributed by atoms with Gasteiger partial charge in [-0.3, -0.25) is 0 Å². The summed E-state index contributed by atoms with van der Waals surface area (Å²) >= 11 is 0. The van der Waals surface area contributed by atoms with Crippen molar-refractivity contribution in [3.63, 3.8) is 0 Å². The van der Waals surface area contributed by atoms with Gasteiger partial charge in [0.25, 0.3) is 0 Å². The van der Waals surface area contributed by atoms with Crippen LogP contribution in [0.2, 0.25) is 0 Å². The summed E-state index contributed by atoms with van der Waals surface area (Å²) in [5, 5.41) is 10.7. The van der Waals surface area contributed by atoms with Crippen molar-refractivity contribution in [3.05, 3.63) is 12.2 Å². The lowest BCUT2D eigenvalue weighted by atomic mass is 10.3. The fourth-order valence-corrected chi connectivity index (χ4v) is 2.21. The predicted molar refractivity (Wildman–Crippen MR) is 66.2 cm³/mol. The number of hydrogen-bond donors (Lipinski definition) is 1. The maximum Gasteiger partial charge on any atom is 0.156 e. The maximum atomic E-state index is 11.8. The van der Waals surface area contributed by atoms with E-state index in [1.807, 2.05) is 7.05 Å². The average Bonchev–Trinajstić information content (AvgIpc) is 2.57. The van der Waals surface area contributed by atoms with Crippen molar-refractivity contribution in [1.29, 1.82) is 0 Å². The Bertz CT molecular complexity index is 459. The Kier molecular flexibility index (Phi) is 4.26. The molecule has 0 aliphatic rings. The molecule has 0 unspecified atom stereocenters. The van der Waals surface area contributed by atoms with Crippen LogP contribution in [0.15, 0.2) is 6.33 Å². The molecule has 0 aromatic carbocycles. The van der Waals surface area contributed by atoms with E-state index < -0.39 is 14.6 Å². The summed E-state index contributed by atoms with van der Waals surface area (Å²) in [5.41, 5.74) is 0. The normalized spacial score (nSPS) is 12.9. The third-order valence-corrected chi connectivity index (χ3v) is 5.18. The molecule has 0 spiro atoms. The zero-order chi connectivity index (χ0) is 13.1. The molecule has 0 saturated heterocycles. The zero-order valence-electron chi connectivity index (χ0n) is 10.8. The minimum absolute atomic E-state index is 0.133. The molecular weight excluding hydrogens is 240 g/mol. The number of rotatable bonds is 5. The molecular formula is C10H20N4O2S. The zero-order valence-corrected chi connectivity index (χ0v) is 11.6. The van der Waals surface area contributed by atoms with E-state index in [1.54, 1.807) is 31.7 Å². The molecule has 1 aromatic heterocycles. The first-order valence-electron chi connectivity index (χ1n) is 5.50. The molecule has 0 radical (unpaired) electrons. The number of hydrogen-bond acceptors (Lipinski definition) is 5. The SMILES string of the molecule is Cn1cnnc1CNCCS(=O)(=O)C(C)(C)C. The van der Waals surface area contributed by atoms with Gasteiger partial charge in [0, 0.05) is 13.6 Å². The lowest BCUT2D eigenvalue weighted by molar-refractivity contribution is 0.554. The van der Waals surface area contributed by atoms with Crippen LogP contribution >= 0.6 is 0 Å². The predicted octanol–water partition coefficient (Wildman–Crippen LogP) is 0.118. The highest BCUT2D eigenvalue weighted by Gasteiger charge is 2.27. The van der Waals surface area contributed by atoms with Gasteiger partial charge in [0.1, 0.15) is 12.2 Å². The van der Waals surface area contributed by atoms with Gasteiger partial charge in [-0.1, -0.05) is 0 Å². The lowest BCUT2D eigenvalue weighted by Gasteiger charge is -2.19. The Morgan fingerprint density at radius 2 is 2.06 bits per heavy atom. The minimum Gasteiger partial charge on any atom is -0.320 e. The van der Waals surface area contributed by atoms with Crippen molar-refractivity contribution in [1.82, 2.24) is 20.1 Å². The Morgan fingerprint density at radius 3 is 2.53 bits per heavy atom. The van der Waals surface area contributed by atoms with Crippen LogP contribution in [-0.4, -0.2) is 40.2 Å². The number of nitrogens with one attached hydrogen (secondary N) is 1. The van der Waals surface area contributed by atoms with Crippen LogP contribution in [0.25, 0.3) is 0 Å². The first kappa shape index (κ1) is 14.1. The van der Waals surface area contributed by atoms with E-state index in [0.29, 0.717) is 13.1 Å². The summed E-state index contributed by atoms with van der Waals surface area (Å²) < 4.78 is 24.7. The molecule has 0 amide bonds. The molecule has 7 heteroatoms. The Hall–Kier alpha value is -0.950. The first-order valence-corrected chi connectivity index (χ1v) is 7.15. The smallest absolute Gasteiger partial charge is 0.156 e. The van der Waals surface area contributed by atoms with Crippen LogP contribution in [0.5, 0.6) is 0 Å². The lowest BCUT2D eigenvalue weighted by Crippen LogP contribution is -2.34. The molecule has 0 atom stereocenters. The van der Waals surface area contributed by atoms with E-state index in [4.69, 9.17) is 0 Å². The van der Waals surface area contributed by atoms with E-state index in [0.717, 1.165) is 5.82 Å². The molecule has 0 bridgehead atoms. The molecule has 1 N–H and O–H groups in total. The van der Waals surface area contributed by atoms with Gasteiger partial charge in [-0.2, -0.15) is 0 Å². The number of aromatic nitrogens is 3. The van der Waals surface area contributed by atoms with Crippen LogP contribution in [0, 0.1) is 0 Å². The van der Waals surface area contributed by atoms with Crippen molar-refractivity contribution in [3.8, 4) is 0 Å². The van der Waals surface area contributed by atoms with Crippen molar-refractivity contribution >= 4 is 9.84 Å². The van der Waals surface area contributed by atoms with E-state index in [-0.39, 0.29) is 5.75 Å². The number of aryl methyl sites for hydroxylation is 1.